The van der Waals surface area contributed by atoms with Crippen LogP contribution in [0.25, 0.3) is 10.9 Å². The van der Waals surface area contributed by atoms with Crippen LogP contribution in [0.1, 0.15) is 24.1 Å². The van der Waals surface area contributed by atoms with Gasteiger partial charge in [0.1, 0.15) is 5.82 Å². The van der Waals surface area contributed by atoms with Crippen molar-refractivity contribution in [2.24, 2.45) is 5.41 Å². The number of anilines is 2. The predicted molar refractivity (Wildman–Crippen MR) is 112 cm³/mol. The second kappa shape index (κ2) is 6.24. The molecule has 144 valence electrons. The van der Waals surface area contributed by atoms with Crippen molar-refractivity contribution < 1.29 is 4.74 Å². The molecule has 3 aliphatic rings. The van der Waals surface area contributed by atoms with Crippen molar-refractivity contribution in [1.29, 1.82) is 0 Å². The molecule has 3 aliphatic heterocycles. The highest BCUT2D eigenvalue weighted by atomic mass is 16.5. The fourth-order valence-electron chi connectivity index (χ4n) is 5.21. The van der Waals surface area contributed by atoms with Crippen LogP contribution < -0.4 is 9.80 Å². The van der Waals surface area contributed by atoms with E-state index in [1.165, 1.54) is 40.7 Å². The van der Waals surface area contributed by atoms with Gasteiger partial charge in [-0.25, -0.2) is 4.98 Å². The van der Waals surface area contributed by atoms with Gasteiger partial charge >= 0.3 is 0 Å². The van der Waals surface area contributed by atoms with Gasteiger partial charge in [0, 0.05) is 54.9 Å². The number of nitrogens with zero attached hydrogens (tertiary/aromatic N) is 3. The molecule has 5 nitrogen and oxygen atoms in total. The lowest BCUT2D eigenvalue weighted by Gasteiger charge is -2.52. The Hall–Kier alpha value is -2.53. The Labute approximate surface area is 165 Å². The van der Waals surface area contributed by atoms with E-state index in [4.69, 9.17) is 9.72 Å². The van der Waals surface area contributed by atoms with Crippen molar-refractivity contribution in [1.82, 2.24) is 9.97 Å². The summed E-state index contributed by atoms with van der Waals surface area (Å²) in [4.78, 5) is 13.3. The van der Waals surface area contributed by atoms with E-state index in [9.17, 15) is 0 Å². The summed E-state index contributed by atoms with van der Waals surface area (Å²) >= 11 is 0. The number of ether oxygens (including phenoxy) is 1. The van der Waals surface area contributed by atoms with Crippen molar-refractivity contribution in [3.05, 3.63) is 53.9 Å². The molecule has 6 rings (SSSR count). The number of H-pyrrole nitrogens is 1. The predicted octanol–water partition coefficient (Wildman–Crippen LogP) is 3.74. The summed E-state index contributed by atoms with van der Waals surface area (Å²) in [5.74, 6) is 1.11. The summed E-state index contributed by atoms with van der Waals surface area (Å²) in [6.45, 7) is 6.08. The number of para-hydroxylation sites is 1. The number of rotatable bonds is 2. The van der Waals surface area contributed by atoms with Gasteiger partial charge in [-0.3, -0.25) is 0 Å². The van der Waals surface area contributed by atoms with E-state index in [2.05, 4.69) is 57.4 Å². The van der Waals surface area contributed by atoms with Gasteiger partial charge in [-0.15, -0.1) is 0 Å². The molecule has 0 saturated carbocycles. The van der Waals surface area contributed by atoms with Crippen LogP contribution in [0.3, 0.4) is 0 Å². The monoisotopic (exact) mass is 374 g/mol. The Balaban J connectivity index is 1.17. The molecule has 0 atom stereocenters. The van der Waals surface area contributed by atoms with Gasteiger partial charge in [-0.1, -0.05) is 18.2 Å². The number of hydrogen-bond donors (Lipinski definition) is 1. The van der Waals surface area contributed by atoms with Crippen LogP contribution in [-0.4, -0.2) is 42.8 Å². The zero-order valence-corrected chi connectivity index (χ0v) is 16.2. The molecule has 5 heterocycles. The third kappa shape index (κ3) is 2.60. The van der Waals surface area contributed by atoms with Crippen LogP contribution in [0.5, 0.6) is 0 Å². The summed E-state index contributed by atoms with van der Waals surface area (Å²) in [7, 11) is 0. The lowest BCUT2D eigenvalue weighted by molar-refractivity contribution is -0.000451. The van der Waals surface area contributed by atoms with Crippen molar-refractivity contribution in [2.45, 2.75) is 25.8 Å². The van der Waals surface area contributed by atoms with Crippen LogP contribution in [0, 0.1) is 5.41 Å². The number of benzene rings is 1. The van der Waals surface area contributed by atoms with Gasteiger partial charge in [0.05, 0.1) is 18.4 Å². The smallest absolute Gasteiger partial charge is 0.128 e. The first kappa shape index (κ1) is 16.4. The summed E-state index contributed by atoms with van der Waals surface area (Å²) < 4.78 is 5.53. The van der Waals surface area contributed by atoms with Gasteiger partial charge in [-0.05, 0) is 43.0 Å². The first-order chi connectivity index (χ1) is 13.8. The Kier molecular flexibility index (Phi) is 3.66. The SMILES string of the molecule is c1ccc2c3c([nH]c2c1)CN(c1ccc(N2CC4(CCOCC4)C2)nc1)CC3. The lowest BCUT2D eigenvalue weighted by Crippen LogP contribution is -2.58. The Morgan fingerprint density at radius 3 is 2.68 bits per heavy atom. The minimum atomic E-state index is 0.484. The summed E-state index contributed by atoms with van der Waals surface area (Å²) in [6.07, 6.45) is 5.53. The van der Waals surface area contributed by atoms with Crippen LogP contribution in [0.15, 0.2) is 42.6 Å². The standard InChI is InChI=1S/C23H26N4O/c1-2-4-20-18(3-1)19-7-10-26(14-21(19)25-20)17-5-6-22(24-13-17)27-15-23(16-27)8-11-28-12-9-23/h1-6,13,25H,7-12,14-16H2. The Morgan fingerprint density at radius 1 is 1.00 bits per heavy atom. The molecule has 5 heteroatoms. The Morgan fingerprint density at radius 2 is 1.86 bits per heavy atom. The average Bonchev–Trinajstić information content (AvgIpc) is 3.10. The van der Waals surface area contributed by atoms with Crippen LogP contribution in [-0.2, 0) is 17.7 Å². The number of aromatic nitrogens is 2. The zero-order valence-electron chi connectivity index (χ0n) is 16.2. The molecule has 1 spiro atoms. The van der Waals surface area contributed by atoms with Crippen LogP contribution >= 0.6 is 0 Å². The molecule has 1 aromatic carbocycles. The zero-order chi connectivity index (χ0) is 18.6. The van der Waals surface area contributed by atoms with E-state index < -0.39 is 0 Å². The molecule has 2 aromatic heterocycles. The van der Waals surface area contributed by atoms with Crippen LogP contribution in [0.4, 0.5) is 11.5 Å². The maximum absolute atomic E-state index is 5.53. The average molecular weight is 374 g/mol. The molecule has 0 unspecified atom stereocenters. The molecule has 2 fully saturated rings. The molecule has 28 heavy (non-hydrogen) atoms. The minimum Gasteiger partial charge on any atom is -0.381 e. The van der Waals surface area contributed by atoms with Crippen molar-refractivity contribution in [3.63, 3.8) is 0 Å². The van der Waals surface area contributed by atoms with E-state index in [1.807, 2.05) is 0 Å². The first-order valence-electron chi connectivity index (χ1n) is 10.4. The highest BCUT2D eigenvalue weighted by molar-refractivity contribution is 5.85. The lowest BCUT2D eigenvalue weighted by atomic mass is 9.73. The Bertz CT molecular complexity index is 995. The van der Waals surface area contributed by atoms with E-state index in [-0.39, 0.29) is 0 Å². The van der Waals surface area contributed by atoms with E-state index >= 15 is 0 Å². The summed E-state index contributed by atoms with van der Waals surface area (Å²) in [6, 6.07) is 13.1. The normalized spacial score (nSPS) is 21.0. The summed E-state index contributed by atoms with van der Waals surface area (Å²) in [5, 5.41) is 1.38. The number of pyridine rings is 1. The molecular weight excluding hydrogens is 348 g/mol. The van der Waals surface area contributed by atoms with Gasteiger partial charge in [0.15, 0.2) is 0 Å². The second-order valence-corrected chi connectivity index (χ2v) is 8.64. The fraction of sp³-hybridized carbons (Fsp3) is 0.435. The largest absolute Gasteiger partial charge is 0.381 e. The van der Waals surface area contributed by atoms with E-state index in [0.717, 1.165) is 51.6 Å². The molecule has 2 saturated heterocycles. The van der Waals surface area contributed by atoms with Gasteiger partial charge in [0.2, 0.25) is 0 Å². The molecular formula is C23H26N4O. The van der Waals surface area contributed by atoms with Gasteiger partial charge in [-0.2, -0.15) is 0 Å². The molecule has 0 aliphatic carbocycles. The topological polar surface area (TPSA) is 44.4 Å². The molecule has 0 amide bonds. The van der Waals surface area contributed by atoms with Crippen LogP contribution in [0.2, 0.25) is 0 Å². The molecule has 0 bridgehead atoms. The maximum Gasteiger partial charge on any atom is 0.128 e. The maximum atomic E-state index is 5.53. The van der Waals surface area contributed by atoms with Crippen molar-refractivity contribution in [2.75, 3.05) is 42.6 Å². The third-order valence-corrected chi connectivity index (χ3v) is 6.91. The number of hydrogen-bond acceptors (Lipinski definition) is 4. The van der Waals surface area contributed by atoms with Crippen molar-refractivity contribution in [3.8, 4) is 0 Å². The van der Waals surface area contributed by atoms with Gasteiger partial charge in [0.25, 0.3) is 0 Å². The minimum absolute atomic E-state index is 0.484. The van der Waals surface area contributed by atoms with Crippen molar-refractivity contribution >= 4 is 22.4 Å². The fourth-order valence-corrected chi connectivity index (χ4v) is 5.21. The number of nitrogens with one attached hydrogen (secondary N) is 1. The molecule has 0 radical (unpaired) electrons. The number of fused-ring (bicyclic) bond motifs is 3. The first-order valence-corrected chi connectivity index (χ1v) is 10.4. The molecule has 3 aromatic rings. The van der Waals surface area contributed by atoms with E-state index in [1.54, 1.807) is 0 Å². The highest BCUT2D eigenvalue weighted by Crippen LogP contribution is 2.41. The number of aromatic amines is 1. The van der Waals surface area contributed by atoms with E-state index in [0.29, 0.717) is 5.41 Å². The highest BCUT2D eigenvalue weighted by Gasteiger charge is 2.44. The third-order valence-electron chi connectivity index (χ3n) is 6.91. The molecule has 1 N–H and O–H groups in total. The quantitative estimate of drug-likeness (QED) is 0.742. The second-order valence-electron chi connectivity index (χ2n) is 8.64. The van der Waals surface area contributed by atoms with Gasteiger partial charge < -0.3 is 19.5 Å². The summed E-state index contributed by atoms with van der Waals surface area (Å²) in [5.41, 5.74) is 5.79.